The molecule has 26 heavy (non-hydrogen) atoms. The Morgan fingerprint density at radius 1 is 1.27 bits per heavy atom. The van der Waals surface area contributed by atoms with Crippen LogP contribution in [0, 0.1) is 6.92 Å². The predicted octanol–water partition coefficient (Wildman–Crippen LogP) is 1.15. The molecule has 0 radical (unpaired) electrons. The Morgan fingerprint density at radius 2 is 2.00 bits per heavy atom. The molecule has 0 saturated heterocycles. The quantitative estimate of drug-likeness (QED) is 0.606. The van der Waals surface area contributed by atoms with E-state index in [0.717, 1.165) is 17.8 Å². The minimum atomic E-state index is -3.72. The Balaban J connectivity index is 1.89. The van der Waals surface area contributed by atoms with Gasteiger partial charge in [-0.05, 0) is 25.1 Å². The van der Waals surface area contributed by atoms with Gasteiger partial charge in [-0.15, -0.1) is 0 Å². The summed E-state index contributed by atoms with van der Waals surface area (Å²) in [6, 6.07) is 7.51. The molecule has 0 unspecified atom stereocenters. The molecule has 1 amide bonds. The molecule has 1 heterocycles. The first-order valence-corrected chi connectivity index (χ1v) is 9.90. The molecule has 0 aliphatic heterocycles. The molecule has 9 heteroatoms. The molecule has 1 aromatic heterocycles. The summed E-state index contributed by atoms with van der Waals surface area (Å²) in [5, 5.41) is 5.99. The summed E-state index contributed by atoms with van der Waals surface area (Å²) in [7, 11) is -2.00. The second-order valence-electron chi connectivity index (χ2n) is 5.87. The summed E-state index contributed by atoms with van der Waals surface area (Å²) < 4.78 is 28.4. The van der Waals surface area contributed by atoms with Crippen LogP contribution in [-0.2, 0) is 28.4 Å². The minimum absolute atomic E-state index is 0.000828. The first-order chi connectivity index (χ1) is 12.3. The number of aryl methyl sites for hydroxylation is 2. The fourth-order valence-electron chi connectivity index (χ4n) is 2.30. The molecule has 0 aliphatic carbocycles. The highest BCUT2D eigenvalue weighted by Crippen LogP contribution is 2.15. The maximum Gasteiger partial charge on any atom is 0.259 e. The van der Waals surface area contributed by atoms with Gasteiger partial charge in [0.15, 0.2) is 5.03 Å². The number of benzene rings is 1. The smallest absolute Gasteiger partial charge is 0.259 e. The van der Waals surface area contributed by atoms with Gasteiger partial charge >= 0.3 is 0 Å². The number of aromatic nitrogens is 2. The topological polar surface area (TPSA) is 105 Å². The van der Waals surface area contributed by atoms with Crippen molar-refractivity contribution in [2.24, 2.45) is 7.05 Å². The molecule has 2 rings (SSSR count). The van der Waals surface area contributed by atoms with Gasteiger partial charge in [-0.2, -0.15) is 0 Å². The number of carbonyl (C=O) groups is 1. The second-order valence-corrected chi connectivity index (χ2v) is 7.58. The molecule has 0 atom stereocenters. The van der Waals surface area contributed by atoms with Gasteiger partial charge in [0.25, 0.3) is 10.0 Å². The van der Waals surface area contributed by atoms with Gasteiger partial charge in [0.1, 0.15) is 5.82 Å². The number of sulfonamides is 1. The van der Waals surface area contributed by atoms with Crippen molar-refractivity contribution in [1.82, 2.24) is 19.6 Å². The number of nitrogens with one attached hydrogen (secondary N) is 3. The summed E-state index contributed by atoms with van der Waals surface area (Å²) in [6.45, 7) is 5.21. The van der Waals surface area contributed by atoms with Crippen molar-refractivity contribution in [1.29, 1.82) is 0 Å². The van der Waals surface area contributed by atoms with Crippen molar-refractivity contribution in [3.8, 4) is 0 Å². The van der Waals surface area contributed by atoms with Crippen molar-refractivity contribution in [3.63, 3.8) is 0 Å². The molecule has 1 aromatic carbocycles. The van der Waals surface area contributed by atoms with E-state index in [4.69, 9.17) is 0 Å². The molecule has 0 bridgehead atoms. The van der Waals surface area contributed by atoms with Crippen LogP contribution in [0.4, 0.5) is 5.69 Å². The third kappa shape index (κ3) is 5.38. The molecule has 8 nitrogen and oxygen atoms in total. The van der Waals surface area contributed by atoms with Gasteiger partial charge in [-0.3, -0.25) is 4.79 Å². The number of amides is 1. The number of hydrogen-bond acceptors (Lipinski definition) is 5. The van der Waals surface area contributed by atoms with Gasteiger partial charge in [0, 0.05) is 38.4 Å². The number of anilines is 1. The van der Waals surface area contributed by atoms with Gasteiger partial charge in [0.2, 0.25) is 5.91 Å². The van der Waals surface area contributed by atoms with Gasteiger partial charge in [-0.1, -0.05) is 25.1 Å². The lowest BCUT2D eigenvalue weighted by atomic mass is 10.1. The molecule has 0 saturated carbocycles. The first-order valence-electron chi connectivity index (χ1n) is 8.41. The number of nitrogens with zero attached hydrogens (tertiary/aromatic N) is 2. The SMILES string of the molecule is CCNCc1ccccc1NC(=O)CCNS(=O)(=O)c1cn(C)c(C)n1. The number of rotatable bonds is 9. The molecule has 3 N–H and O–H groups in total. The largest absolute Gasteiger partial charge is 0.337 e. The number of imidazole rings is 1. The Morgan fingerprint density at radius 3 is 2.65 bits per heavy atom. The Labute approximate surface area is 154 Å². The van der Waals surface area contributed by atoms with Crippen LogP contribution in [0.15, 0.2) is 35.5 Å². The maximum atomic E-state index is 12.2. The van der Waals surface area contributed by atoms with E-state index in [9.17, 15) is 13.2 Å². The fourth-order valence-corrected chi connectivity index (χ4v) is 3.37. The highest BCUT2D eigenvalue weighted by molar-refractivity contribution is 7.89. The zero-order valence-electron chi connectivity index (χ0n) is 15.2. The molecular formula is C17H25N5O3S. The lowest BCUT2D eigenvalue weighted by Crippen LogP contribution is -2.28. The molecule has 2 aromatic rings. The van der Waals surface area contributed by atoms with Crippen LogP contribution in [0.2, 0.25) is 0 Å². The fraction of sp³-hybridized carbons (Fsp3) is 0.412. The Bertz CT molecular complexity index is 842. The molecule has 142 valence electrons. The van der Waals surface area contributed by atoms with E-state index in [2.05, 4.69) is 20.3 Å². The highest BCUT2D eigenvalue weighted by Gasteiger charge is 2.18. The zero-order chi connectivity index (χ0) is 19.2. The van der Waals surface area contributed by atoms with Gasteiger partial charge < -0.3 is 15.2 Å². The summed E-state index contributed by atoms with van der Waals surface area (Å²) in [5.74, 6) is 0.342. The summed E-state index contributed by atoms with van der Waals surface area (Å²) in [4.78, 5) is 16.1. The van der Waals surface area contributed by atoms with Crippen molar-refractivity contribution in [2.75, 3.05) is 18.4 Å². The van der Waals surface area contributed by atoms with E-state index in [-0.39, 0.29) is 23.9 Å². The molecule has 0 aliphatic rings. The first kappa shape index (κ1) is 20.1. The van der Waals surface area contributed by atoms with Crippen LogP contribution >= 0.6 is 0 Å². The van der Waals surface area contributed by atoms with Crippen LogP contribution in [0.1, 0.15) is 24.7 Å². The van der Waals surface area contributed by atoms with Crippen molar-refractivity contribution in [3.05, 3.63) is 41.9 Å². The molecular weight excluding hydrogens is 354 g/mol. The predicted molar refractivity (Wildman–Crippen MR) is 100 cm³/mol. The average molecular weight is 379 g/mol. The highest BCUT2D eigenvalue weighted by atomic mass is 32.2. The second kappa shape index (κ2) is 8.93. The number of hydrogen-bond donors (Lipinski definition) is 3. The summed E-state index contributed by atoms with van der Waals surface area (Å²) in [6.07, 6.45) is 1.47. The summed E-state index contributed by atoms with van der Waals surface area (Å²) >= 11 is 0. The Hall–Kier alpha value is -2.23. The minimum Gasteiger partial charge on any atom is -0.337 e. The average Bonchev–Trinajstić information content (AvgIpc) is 2.94. The van der Waals surface area contributed by atoms with Gasteiger partial charge in [0.05, 0.1) is 0 Å². The molecule has 0 fully saturated rings. The van der Waals surface area contributed by atoms with Crippen molar-refractivity contribution in [2.45, 2.75) is 31.8 Å². The Kier molecular flexibility index (Phi) is 6.90. The third-order valence-corrected chi connectivity index (χ3v) is 5.19. The lowest BCUT2D eigenvalue weighted by Gasteiger charge is -2.11. The van der Waals surface area contributed by atoms with Crippen molar-refractivity contribution >= 4 is 21.6 Å². The summed E-state index contributed by atoms with van der Waals surface area (Å²) in [5.41, 5.74) is 1.70. The van der Waals surface area contributed by atoms with Crippen LogP contribution in [0.25, 0.3) is 0 Å². The normalized spacial score (nSPS) is 11.5. The van der Waals surface area contributed by atoms with Crippen LogP contribution in [0.5, 0.6) is 0 Å². The van der Waals surface area contributed by atoms with Crippen LogP contribution < -0.4 is 15.4 Å². The van der Waals surface area contributed by atoms with Crippen molar-refractivity contribution < 1.29 is 13.2 Å². The maximum absolute atomic E-state index is 12.2. The monoisotopic (exact) mass is 379 g/mol. The van der Waals surface area contributed by atoms with E-state index in [1.165, 1.54) is 6.20 Å². The molecule has 0 spiro atoms. The van der Waals surface area contributed by atoms with Crippen LogP contribution in [-0.4, -0.2) is 37.0 Å². The standard InChI is InChI=1S/C17H25N5O3S/c1-4-18-11-14-7-5-6-8-15(14)21-16(23)9-10-19-26(24,25)17-12-22(3)13(2)20-17/h5-8,12,18-19H,4,9-11H2,1-3H3,(H,21,23). The van der Waals surface area contributed by atoms with Gasteiger partial charge in [-0.25, -0.2) is 18.1 Å². The third-order valence-electron chi connectivity index (χ3n) is 3.86. The number of para-hydroxylation sites is 1. The zero-order valence-corrected chi connectivity index (χ0v) is 16.1. The van der Waals surface area contributed by atoms with E-state index in [1.54, 1.807) is 18.5 Å². The van der Waals surface area contributed by atoms with E-state index >= 15 is 0 Å². The van der Waals surface area contributed by atoms with E-state index < -0.39 is 10.0 Å². The van der Waals surface area contributed by atoms with E-state index in [0.29, 0.717) is 12.4 Å². The van der Waals surface area contributed by atoms with E-state index in [1.807, 2.05) is 31.2 Å². The lowest BCUT2D eigenvalue weighted by molar-refractivity contribution is -0.116. The van der Waals surface area contributed by atoms with Crippen LogP contribution in [0.3, 0.4) is 0 Å². The number of carbonyl (C=O) groups excluding carboxylic acids is 1.